The quantitative estimate of drug-likeness (QED) is 0.242. The standard InChI is InChI=1S/C38H26N4/c39-25-26-15-17-27(18-16-26)32-23-24-33(35-14-8-7-13-34(32)35)28-19-21-31(22-20-28)38-41-36(29-9-3-1-4-10-29)40-37(42-38)30-11-5-2-6-12-30/h1-24,36H,(H,40,41,42)/p+1. The van der Waals surface area contributed by atoms with E-state index >= 15 is 0 Å². The number of aliphatic imine (C=N–C) groups is 2. The van der Waals surface area contributed by atoms with Crippen LogP contribution in [0.2, 0.25) is 0 Å². The molecule has 4 nitrogen and oxygen atoms in total. The van der Waals surface area contributed by atoms with E-state index in [2.05, 4.69) is 108 Å². The lowest BCUT2D eigenvalue weighted by atomic mass is 9.91. The molecular weight excluding hydrogens is 512 g/mol. The lowest BCUT2D eigenvalue weighted by molar-refractivity contribution is -0.586. The van der Waals surface area contributed by atoms with Crippen molar-refractivity contribution in [2.45, 2.75) is 6.17 Å². The van der Waals surface area contributed by atoms with Crippen LogP contribution < -0.4 is 5.32 Å². The van der Waals surface area contributed by atoms with E-state index in [0.29, 0.717) is 5.56 Å². The van der Waals surface area contributed by atoms with Gasteiger partial charge in [0.05, 0.1) is 17.2 Å². The van der Waals surface area contributed by atoms with Gasteiger partial charge in [-0.2, -0.15) is 10.3 Å². The van der Waals surface area contributed by atoms with Gasteiger partial charge in [0, 0.05) is 11.1 Å². The molecule has 0 aliphatic carbocycles. The maximum Gasteiger partial charge on any atom is 0.235 e. The van der Waals surface area contributed by atoms with E-state index in [0.717, 1.165) is 45.1 Å². The summed E-state index contributed by atoms with van der Waals surface area (Å²) in [5.74, 6) is 1.67. The van der Waals surface area contributed by atoms with Crippen LogP contribution in [0, 0.1) is 11.3 Å². The monoisotopic (exact) mass is 539 g/mol. The molecule has 0 spiro atoms. The van der Waals surface area contributed by atoms with Crippen molar-refractivity contribution in [3.8, 4) is 28.3 Å². The van der Waals surface area contributed by atoms with Crippen molar-refractivity contribution in [1.82, 2.24) is 0 Å². The van der Waals surface area contributed by atoms with Crippen LogP contribution in [0.5, 0.6) is 0 Å². The fourth-order valence-electron chi connectivity index (χ4n) is 5.55. The number of nitriles is 1. The normalized spacial score (nSPS) is 14.6. The van der Waals surface area contributed by atoms with Crippen LogP contribution in [0.3, 0.4) is 0 Å². The van der Waals surface area contributed by atoms with Crippen molar-refractivity contribution in [3.63, 3.8) is 0 Å². The zero-order chi connectivity index (χ0) is 28.3. The zero-order valence-corrected chi connectivity index (χ0v) is 22.9. The molecule has 42 heavy (non-hydrogen) atoms. The highest BCUT2D eigenvalue weighted by atomic mass is 15.2. The van der Waals surface area contributed by atoms with Gasteiger partial charge in [-0.15, -0.1) is 0 Å². The molecule has 0 amide bonds. The molecule has 1 atom stereocenters. The minimum absolute atomic E-state index is 0.104. The van der Waals surface area contributed by atoms with Gasteiger partial charge in [0.25, 0.3) is 0 Å². The summed E-state index contributed by atoms with van der Waals surface area (Å²) < 4.78 is 0. The van der Waals surface area contributed by atoms with Crippen molar-refractivity contribution in [3.05, 3.63) is 168 Å². The first-order valence-corrected chi connectivity index (χ1v) is 14.0. The number of nitrogens with two attached hydrogens (primary N) is 1. The number of hydrogen-bond donors (Lipinski definition) is 1. The molecule has 0 radical (unpaired) electrons. The topological polar surface area (TPSA) is 65.1 Å². The SMILES string of the molecule is N#Cc1ccc(-c2ccc(-c3ccc(C4=NC(c5ccccc5)[NH2+]C(c5ccccc5)=N4)cc3)c3ccccc23)cc1. The average Bonchev–Trinajstić information content (AvgIpc) is 3.08. The Kier molecular flexibility index (Phi) is 6.69. The first-order chi connectivity index (χ1) is 20.8. The summed E-state index contributed by atoms with van der Waals surface area (Å²) in [6.07, 6.45) is -0.104. The maximum absolute atomic E-state index is 9.20. The summed E-state index contributed by atoms with van der Waals surface area (Å²) in [5.41, 5.74) is 8.42. The summed E-state index contributed by atoms with van der Waals surface area (Å²) in [6, 6.07) is 52.1. The van der Waals surface area contributed by atoms with Gasteiger partial charge in [-0.1, -0.05) is 121 Å². The van der Waals surface area contributed by atoms with E-state index in [4.69, 9.17) is 9.98 Å². The van der Waals surface area contributed by atoms with Gasteiger partial charge in [-0.25, -0.2) is 4.99 Å². The predicted molar refractivity (Wildman–Crippen MR) is 170 cm³/mol. The van der Waals surface area contributed by atoms with E-state index in [1.54, 1.807) is 0 Å². The Hall–Kier alpha value is -5.63. The highest BCUT2D eigenvalue weighted by Gasteiger charge is 2.25. The Morgan fingerprint density at radius 2 is 1.05 bits per heavy atom. The van der Waals surface area contributed by atoms with Crippen molar-refractivity contribution in [2.75, 3.05) is 0 Å². The van der Waals surface area contributed by atoms with E-state index in [9.17, 15) is 5.26 Å². The van der Waals surface area contributed by atoms with Crippen LogP contribution in [0.1, 0.15) is 28.4 Å². The predicted octanol–water partition coefficient (Wildman–Crippen LogP) is 7.51. The number of amidine groups is 2. The van der Waals surface area contributed by atoms with Gasteiger partial charge >= 0.3 is 0 Å². The largest absolute Gasteiger partial charge is 0.272 e. The zero-order valence-electron chi connectivity index (χ0n) is 22.9. The Labute approximate surface area is 245 Å². The minimum Gasteiger partial charge on any atom is -0.272 e. The van der Waals surface area contributed by atoms with Crippen molar-refractivity contribution in [2.24, 2.45) is 9.98 Å². The molecule has 6 aromatic carbocycles. The molecule has 6 aromatic rings. The molecule has 0 saturated carbocycles. The highest BCUT2D eigenvalue weighted by Crippen LogP contribution is 2.36. The van der Waals surface area contributed by atoms with Gasteiger partial charge in [-0.3, -0.25) is 5.32 Å². The molecule has 7 rings (SSSR count). The van der Waals surface area contributed by atoms with Crippen LogP contribution in [0.15, 0.2) is 156 Å². The maximum atomic E-state index is 9.20. The van der Waals surface area contributed by atoms with E-state index < -0.39 is 0 Å². The van der Waals surface area contributed by atoms with Gasteiger partial charge in [0.1, 0.15) is 0 Å². The van der Waals surface area contributed by atoms with Crippen LogP contribution in [0.4, 0.5) is 0 Å². The van der Waals surface area contributed by atoms with Gasteiger partial charge in [0.15, 0.2) is 5.84 Å². The molecule has 4 heteroatoms. The lowest BCUT2D eigenvalue weighted by Crippen LogP contribution is -2.89. The molecule has 1 aliphatic heterocycles. The smallest absolute Gasteiger partial charge is 0.235 e. The third-order valence-electron chi connectivity index (χ3n) is 7.72. The number of fused-ring (bicyclic) bond motifs is 1. The molecule has 0 fully saturated rings. The number of rotatable bonds is 5. The van der Waals surface area contributed by atoms with E-state index in [1.807, 2.05) is 48.5 Å². The van der Waals surface area contributed by atoms with Crippen LogP contribution in [0.25, 0.3) is 33.0 Å². The molecule has 1 aliphatic rings. The summed E-state index contributed by atoms with van der Waals surface area (Å²) in [5, 5.41) is 13.7. The fraction of sp³-hybridized carbons (Fsp3) is 0.0263. The first kappa shape index (κ1) is 25.3. The molecule has 0 bridgehead atoms. The van der Waals surface area contributed by atoms with Crippen LogP contribution >= 0.6 is 0 Å². The minimum atomic E-state index is -0.104. The first-order valence-electron chi connectivity index (χ1n) is 14.0. The summed E-state index contributed by atoms with van der Waals surface area (Å²) >= 11 is 0. The van der Waals surface area contributed by atoms with Gasteiger partial charge in [0.2, 0.25) is 12.0 Å². The average molecular weight is 540 g/mol. The second kappa shape index (κ2) is 11.1. The third-order valence-corrected chi connectivity index (χ3v) is 7.72. The highest BCUT2D eigenvalue weighted by molar-refractivity contribution is 6.10. The van der Waals surface area contributed by atoms with Crippen LogP contribution in [-0.2, 0) is 0 Å². The van der Waals surface area contributed by atoms with E-state index in [-0.39, 0.29) is 6.17 Å². The Bertz CT molecular complexity index is 1980. The molecule has 1 heterocycles. The number of quaternary nitrogens is 1. The number of benzene rings is 6. The summed E-state index contributed by atoms with van der Waals surface area (Å²) in [6.45, 7) is 0. The van der Waals surface area contributed by atoms with Gasteiger partial charge in [-0.05, 0) is 57.3 Å². The number of nitrogens with zero attached hydrogens (tertiary/aromatic N) is 3. The molecule has 198 valence electrons. The Morgan fingerprint density at radius 3 is 1.64 bits per heavy atom. The lowest BCUT2D eigenvalue weighted by Gasteiger charge is -2.19. The molecule has 2 N–H and O–H groups in total. The van der Waals surface area contributed by atoms with Crippen molar-refractivity contribution >= 4 is 22.4 Å². The van der Waals surface area contributed by atoms with Crippen molar-refractivity contribution < 1.29 is 5.32 Å². The van der Waals surface area contributed by atoms with E-state index in [1.165, 1.54) is 16.3 Å². The third kappa shape index (κ3) is 4.90. The second-order valence-electron chi connectivity index (χ2n) is 10.3. The summed E-state index contributed by atoms with van der Waals surface area (Å²) in [7, 11) is 0. The Balaban J connectivity index is 1.26. The fourth-order valence-corrected chi connectivity index (χ4v) is 5.55. The van der Waals surface area contributed by atoms with Crippen LogP contribution in [-0.4, -0.2) is 11.7 Å². The van der Waals surface area contributed by atoms with Crippen molar-refractivity contribution in [1.29, 1.82) is 5.26 Å². The molecule has 0 aromatic heterocycles. The summed E-state index contributed by atoms with van der Waals surface area (Å²) in [4.78, 5) is 10.1. The Morgan fingerprint density at radius 1 is 0.524 bits per heavy atom. The van der Waals surface area contributed by atoms with Gasteiger partial charge < -0.3 is 0 Å². The number of hydrogen-bond acceptors (Lipinski definition) is 3. The molecule has 1 unspecified atom stereocenters. The molecule has 0 saturated heterocycles. The molecular formula is C38H27N4+. The second-order valence-corrected chi connectivity index (χ2v) is 10.3.